The van der Waals surface area contributed by atoms with E-state index in [1.165, 1.54) is 16.8 Å². The quantitative estimate of drug-likeness (QED) is 0.564. The molecule has 1 amide bonds. The number of benzene rings is 1. The second-order valence-corrected chi connectivity index (χ2v) is 6.92. The Kier molecular flexibility index (Phi) is 3.70. The molecule has 0 aliphatic carbocycles. The van der Waals surface area contributed by atoms with E-state index < -0.39 is 17.6 Å². The summed E-state index contributed by atoms with van der Waals surface area (Å²) in [5, 5.41) is 19.8. The molecule has 0 spiro atoms. The standard InChI is InChI=1S/C19H15F2N7O/c1-9-17-12(11-4-3-5-13(20)18(11)21)8-16(29)22-19(17)28(25-9)15-7-6-14-24-23-10(2)27(14)26-15/h3-7,12H,8H2,1-2H3,(H,22,29)/t12-/m1/s1. The number of hydrogen-bond donors (Lipinski definition) is 1. The minimum atomic E-state index is -0.954. The summed E-state index contributed by atoms with van der Waals surface area (Å²) in [5.41, 5.74) is 1.93. The first-order chi connectivity index (χ1) is 13.9. The van der Waals surface area contributed by atoms with Gasteiger partial charge in [0.2, 0.25) is 5.91 Å². The van der Waals surface area contributed by atoms with E-state index in [0.717, 1.165) is 6.07 Å². The van der Waals surface area contributed by atoms with E-state index in [0.29, 0.717) is 34.4 Å². The molecular formula is C19H15F2N7O. The molecule has 0 saturated carbocycles. The molecule has 1 aliphatic heterocycles. The Morgan fingerprint density at radius 3 is 2.76 bits per heavy atom. The van der Waals surface area contributed by atoms with Crippen molar-refractivity contribution in [1.29, 1.82) is 0 Å². The van der Waals surface area contributed by atoms with Crippen molar-refractivity contribution in [3.05, 3.63) is 64.6 Å². The van der Waals surface area contributed by atoms with Crippen LogP contribution in [0.25, 0.3) is 11.5 Å². The highest BCUT2D eigenvalue weighted by Crippen LogP contribution is 2.41. The molecule has 1 atom stereocenters. The molecule has 4 heterocycles. The zero-order valence-corrected chi connectivity index (χ0v) is 15.5. The van der Waals surface area contributed by atoms with Gasteiger partial charge < -0.3 is 5.32 Å². The van der Waals surface area contributed by atoms with Crippen LogP contribution in [0.5, 0.6) is 0 Å². The molecule has 0 radical (unpaired) electrons. The van der Waals surface area contributed by atoms with E-state index in [2.05, 4.69) is 25.7 Å². The van der Waals surface area contributed by atoms with Crippen molar-refractivity contribution in [3.8, 4) is 5.82 Å². The third-order valence-electron chi connectivity index (χ3n) is 5.08. The van der Waals surface area contributed by atoms with Gasteiger partial charge in [-0.05, 0) is 37.6 Å². The Hall–Kier alpha value is -3.69. The van der Waals surface area contributed by atoms with E-state index in [-0.39, 0.29) is 17.9 Å². The fraction of sp³-hybridized carbons (Fsp3) is 0.211. The Balaban J connectivity index is 1.70. The van der Waals surface area contributed by atoms with Crippen molar-refractivity contribution in [2.45, 2.75) is 26.2 Å². The van der Waals surface area contributed by atoms with Gasteiger partial charge in [-0.1, -0.05) is 12.1 Å². The monoisotopic (exact) mass is 395 g/mol. The van der Waals surface area contributed by atoms with Crippen LogP contribution in [0.3, 0.4) is 0 Å². The fourth-order valence-electron chi connectivity index (χ4n) is 3.77. The summed E-state index contributed by atoms with van der Waals surface area (Å²) >= 11 is 0. The third-order valence-corrected chi connectivity index (χ3v) is 5.08. The van der Waals surface area contributed by atoms with E-state index in [1.54, 1.807) is 30.5 Å². The molecule has 1 N–H and O–H groups in total. The number of amides is 1. The van der Waals surface area contributed by atoms with Gasteiger partial charge in [0.05, 0.1) is 5.69 Å². The van der Waals surface area contributed by atoms with Crippen molar-refractivity contribution in [2.75, 3.05) is 5.32 Å². The number of anilines is 1. The van der Waals surface area contributed by atoms with Gasteiger partial charge in [-0.15, -0.1) is 15.3 Å². The van der Waals surface area contributed by atoms with Crippen molar-refractivity contribution in [1.82, 2.24) is 29.6 Å². The first-order valence-electron chi connectivity index (χ1n) is 8.96. The lowest BCUT2D eigenvalue weighted by Crippen LogP contribution is -2.25. The Morgan fingerprint density at radius 2 is 1.93 bits per heavy atom. The number of halogens is 2. The number of carbonyl (C=O) groups is 1. The van der Waals surface area contributed by atoms with Crippen molar-refractivity contribution >= 4 is 17.4 Å². The first kappa shape index (κ1) is 17.4. The van der Waals surface area contributed by atoms with Crippen molar-refractivity contribution < 1.29 is 13.6 Å². The number of nitrogens with zero attached hydrogens (tertiary/aromatic N) is 6. The molecule has 0 unspecified atom stereocenters. The number of carbonyl (C=O) groups excluding carboxylic acids is 1. The van der Waals surface area contributed by atoms with Crippen LogP contribution in [0.15, 0.2) is 30.3 Å². The molecular weight excluding hydrogens is 380 g/mol. The SMILES string of the molecule is Cc1nn(-c2ccc3nnc(C)n3n2)c2c1[C@@H](c1cccc(F)c1F)CC(=O)N2. The lowest BCUT2D eigenvalue weighted by molar-refractivity contribution is -0.116. The average Bonchev–Trinajstić information content (AvgIpc) is 3.23. The molecule has 3 aromatic heterocycles. The zero-order chi connectivity index (χ0) is 20.3. The summed E-state index contributed by atoms with van der Waals surface area (Å²) in [5.74, 6) is -1.43. The molecule has 1 aliphatic rings. The van der Waals surface area contributed by atoms with Gasteiger partial charge in [-0.2, -0.15) is 14.3 Å². The maximum absolute atomic E-state index is 14.5. The van der Waals surface area contributed by atoms with Gasteiger partial charge in [0.25, 0.3) is 0 Å². The summed E-state index contributed by atoms with van der Waals surface area (Å²) in [4.78, 5) is 12.4. The predicted molar refractivity (Wildman–Crippen MR) is 98.8 cm³/mol. The van der Waals surface area contributed by atoms with E-state index >= 15 is 0 Å². The minimum absolute atomic E-state index is 0.00306. The van der Waals surface area contributed by atoms with E-state index in [1.807, 2.05) is 0 Å². The zero-order valence-electron chi connectivity index (χ0n) is 15.5. The normalized spacial score (nSPS) is 16.1. The molecule has 4 aromatic rings. The van der Waals surface area contributed by atoms with Gasteiger partial charge in [-0.3, -0.25) is 4.79 Å². The molecule has 5 rings (SSSR count). The van der Waals surface area contributed by atoms with Gasteiger partial charge in [-0.25, -0.2) is 8.78 Å². The molecule has 0 bridgehead atoms. The summed E-state index contributed by atoms with van der Waals surface area (Å²) in [7, 11) is 0. The average molecular weight is 395 g/mol. The summed E-state index contributed by atoms with van der Waals surface area (Å²) in [6.07, 6.45) is -0.00306. The minimum Gasteiger partial charge on any atom is -0.310 e. The van der Waals surface area contributed by atoms with Crippen LogP contribution in [-0.4, -0.2) is 35.5 Å². The molecule has 10 heteroatoms. The van der Waals surface area contributed by atoms with Gasteiger partial charge in [0.15, 0.2) is 28.9 Å². The Labute approximate surface area is 163 Å². The van der Waals surface area contributed by atoms with Crippen LogP contribution in [0, 0.1) is 25.5 Å². The fourth-order valence-corrected chi connectivity index (χ4v) is 3.77. The summed E-state index contributed by atoms with van der Waals surface area (Å²) in [6.45, 7) is 3.53. The highest BCUT2D eigenvalue weighted by Gasteiger charge is 2.34. The molecule has 146 valence electrons. The Morgan fingerprint density at radius 1 is 1.10 bits per heavy atom. The van der Waals surface area contributed by atoms with Crippen LogP contribution in [0.4, 0.5) is 14.6 Å². The lowest BCUT2D eigenvalue weighted by atomic mass is 9.85. The maximum Gasteiger partial charge on any atom is 0.226 e. The van der Waals surface area contributed by atoms with Crippen LogP contribution >= 0.6 is 0 Å². The Bertz CT molecular complexity index is 1290. The highest BCUT2D eigenvalue weighted by atomic mass is 19.2. The topological polar surface area (TPSA) is 90.0 Å². The number of aromatic nitrogens is 6. The predicted octanol–water partition coefficient (Wildman–Crippen LogP) is 2.68. The molecule has 0 saturated heterocycles. The van der Waals surface area contributed by atoms with Gasteiger partial charge >= 0.3 is 0 Å². The number of aryl methyl sites for hydroxylation is 2. The number of nitrogens with one attached hydrogen (secondary N) is 1. The molecule has 8 nitrogen and oxygen atoms in total. The number of fused-ring (bicyclic) bond motifs is 2. The summed E-state index contributed by atoms with van der Waals surface area (Å²) < 4.78 is 31.4. The van der Waals surface area contributed by atoms with Crippen LogP contribution in [-0.2, 0) is 4.79 Å². The van der Waals surface area contributed by atoms with E-state index in [4.69, 9.17) is 0 Å². The van der Waals surface area contributed by atoms with Crippen LogP contribution in [0.1, 0.15) is 35.0 Å². The first-order valence-corrected chi connectivity index (χ1v) is 8.96. The van der Waals surface area contributed by atoms with Crippen LogP contribution in [0.2, 0.25) is 0 Å². The highest BCUT2D eigenvalue weighted by molar-refractivity contribution is 5.95. The third kappa shape index (κ3) is 2.59. The molecule has 1 aromatic carbocycles. The lowest BCUT2D eigenvalue weighted by Gasteiger charge is -2.24. The van der Waals surface area contributed by atoms with Gasteiger partial charge in [0.1, 0.15) is 5.82 Å². The van der Waals surface area contributed by atoms with Crippen LogP contribution < -0.4 is 5.32 Å². The number of hydrogen-bond acceptors (Lipinski definition) is 5. The molecule has 29 heavy (non-hydrogen) atoms. The largest absolute Gasteiger partial charge is 0.310 e. The smallest absolute Gasteiger partial charge is 0.226 e. The summed E-state index contributed by atoms with van der Waals surface area (Å²) in [6, 6.07) is 7.42. The van der Waals surface area contributed by atoms with Crippen molar-refractivity contribution in [3.63, 3.8) is 0 Å². The second kappa shape index (κ2) is 6.16. The molecule has 0 fully saturated rings. The second-order valence-electron chi connectivity index (χ2n) is 6.92. The van der Waals surface area contributed by atoms with E-state index in [9.17, 15) is 13.6 Å². The number of rotatable bonds is 2. The van der Waals surface area contributed by atoms with Crippen molar-refractivity contribution in [2.24, 2.45) is 0 Å². The van der Waals surface area contributed by atoms with Gasteiger partial charge in [0, 0.05) is 17.9 Å². The maximum atomic E-state index is 14.5.